The van der Waals surface area contributed by atoms with Crippen LogP contribution in [0.25, 0.3) is 0 Å². The first-order valence-electron chi connectivity index (χ1n) is 8.54. The number of aromatic nitrogens is 1. The van der Waals surface area contributed by atoms with E-state index in [0.717, 1.165) is 21.3 Å². The van der Waals surface area contributed by atoms with Gasteiger partial charge in [0.25, 0.3) is 0 Å². The molecule has 3 amide bonds. The lowest BCUT2D eigenvalue weighted by molar-refractivity contribution is -0.115. The molecule has 0 aliphatic carbocycles. The van der Waals surface area contributed by atoms with Crippen molar-refractivity contribution in [1.29, 1.82) is 0 Å². The first kappa shape index (κ1) is 20.0. The lowest BCUT2D eigenvalue weighted by Crippen LogP contribution is -2.19. The number of carbonyl (C=O) groups excluding carboxylic acids is 2. The maximum Gasteiger partial charge on any atom is 0.325 e. The summed E-state index contributed by atoms with van der Waals surface area (Å²) in [6.07, 6.45) is 0.132. The molecule has 6 nitrogen and oxygen atoms in total. The first-order chi connectivity index (χ1) is 13.4. The van der Waals surface area contributed by atoms with Gasteiger partial charge in [-0.15, -0.1) is 11.3 Å². The van der Waals surface area contributed by atoms with Crippen LogP contribution < -0.4 is 16.0 Å². The minimum absolute atomic E-state index is 0.132. The molecule has 0 saturated carbocycles. The van der Waals surface area contributed by atoms with Gasteiger partial charge in [-0.25, -0.2) is 9.78 Å². The van der Waals surface area contributed by atoms with E-state index in [2.05, 4.69) is 36.9 Å². The van der Waals surface area contributed by atoms with Crippen LogP contribution in [0.4, 0.5) is 21.3 Å². The summed E-state index contributed by atoms with van der Waals surface area (Å²) in [7, 11) is 0. The van der Waals surface area contributed by atoms with Gasteiger partial charge in [-0.05, 0) is 49.7 Å². The van der Waals surface area contributed by atoms with Crippen molar-refractivity contribution >= 4 is 55.7 Å². The molecule has 0 unspecified atom stereocenters. The molecule has 0 saturated heterocycles. The van der Waals surface area contributed by atoms with Gasteiger partial charge in [-0.2, -0.15) is 0 Å². The average Bonchev–Trinajstić information content (AvgIpc) is 3.06. The molecular weight excluding hydrogens is 440 g/mol. The minimum atomic E-state index is -0.375. The number of nitrogens with zero attached hydrogens (tertiary/aromatic N) is 1. The number of hydrogen-bond donors (Lipinski definition) is 3. The number of anilines is 3. The van der Waals surface area contributed by atoms with Gasteiger partial charge >= 0.3 is 6.03 Å². The van der Waals surface area contributed by atoms with Crippen LogP contribution in [0, 0.1) is 13.8 Å². The molecule has 144 valence electrons. The highest BCUT2D eigenvalue weighted by molar-refractivity contribution is 9.10. The van der Waals surface area contributed by atoms with Crippen molar-refractivity contribution in [3.63, 3.8) is 0 Å². The van der Waals surface area contributed by atoms with Gasteiger partial charge in [0, 0.05) is 21.2 Å². The molecule has 0 bridgehead atoms. The molecule has 0 aliphatic heterocycles. The smallest absolute Gasteiger partial charge is 0.325 e. The van der Waals surface area contributed by atoms with Gasteiger partial charge in [0.1, 0.15) is 0 Å². The van der Waals surface area contributed by atoms with E-state index in [1.807, 2.05) is 56.3 Å². The van der Waals surface area contributed by atoms with Crippen molar-refractivity contribution in [3.05, 3.63) is 69.1 Å². The van der Waals surface area contributed by atoms with Crippen molar-refractivity contribution < 1.29 is 9.59 Å². The van der Waals surface area contributed by atoms with E-state index < -0.39 is 0 Å². The maximum atomic E-state index is 12.2. The molecule has 0 fully saturated rings. The lowest BCUT2D eigenvalue weighted by atomic mass is 10.2. The number of benzene rings is 2. The summed E-state index contributed by atoms with van der Waals surface area (Å²) in [4.78, 5) is 28.6. The normalized spacial score (nSPS) is 10.4. The Balaban J connectivity index is 1.53. The summed E-state index contributed by atoms with van der Waals surface area (Å²) < 4.78 is 0.990. The zero-order valence-electron chi connectivity index (χ0n) is 15.4. The lowest BCUT2D eigenvalue weighted by Gasteiger charge is -2.06. The predicted molar refractivity (Wildman–Crippen MR) is 117 cm³/mol. The van der Waals surface area contributed by atoms with Gasteiger partial charge in [-0.1, -0.05) is 33.6 Å². The molecule has 1 aromatic heterocycles. The average molecular weight is 459 g/mol. The summed E-state index contributed by atoms with van der Waals surface area (Å²) in [5.41, 5.74) is 4.19. The second kappa shape index (κ2) is 8.99. The largest absolute Gasteiger partial charge is 0.326 e. The van der Waals surface area contributed by atoms with Crippen molar-refractivity contribution in [1.82, 2.24) is 4.98 Å². The van der Waals surface area contributed by atoms with Gasteiger partial charge in [-0.3, -0.25) is 10.1 Å². The van der Waals surface area contributed by atoms with Crippen molar-refractivity contribution in [2.75, 3.05) is 16.0 Å². The van der Waals surface area contributed by atoms with Crippen LogP contribution in [-0.2, 0) is 11.2 Å². The SMILES string of the molecule is Cc1ccc(NC(=O)Nc2nc(CC(=O)Nc3ccc(Br)c(C)c3)cs2)cc1. The Morgan fingerprint density at radius 1 is 1.00 bits per heavy atom. The minimum Gasteiger partial charge on any atom is -0.326 e. The Morgan fingerprint density at radius 2 is 1.71 bits per heavy atom. The van der Waals surface area contributed by atoms with E-state index in [9.17, 15) is 9.59 Å². The number of hydrogen-bond acceptors (Lipinski definition) is 4. The third-order valence-corrected chi connectivity index (χ3v) is 5.56. The van der Waals surface area contributed by atoms with Crippen molar-refractivity contribution in [2.24, 2.45) is 0 Å². The van der Waals surface area contributed by atoms with Crippen LogP contribution in [-0.4, -0.2) is 16.9 Å². The Labute approximate surface area is 175 Å². The van der Waals surface area contributed by atoms with Crippen LogP contribution in [0.5, 0.6) is 0 Å². The van der Waals surface area contributed by atoms with E-state index in [4.69, 9.17) is 0 Å². The number of thiazole rings is 1. The van der Waals surface area contributed by atoms with Crippen LogP contribution in [0.3, 0.4) is 0 Å². The summed E-state index contributed by atoms with van der Waals surface area (Å²) in [5, 5.41) is 10.5. The Morgan fingerprint density at radius 3 is 2.43 bits per heavy atom. The highest BCUT2D eigenvalue weighted by Gasteiger charge is 2.11. The van der Waals surface area contributed by atoms with E-state index >= 15 is 0 Å². The second-order valence-corrected chi connectivity index (χ2v) is 7.99. The molecule has 0 radical (unpaired) electrons. The fourth-order valence-electron chi connectivity index (χ4n) is 2.43. The van der Waals surface area contributed by atoms with Crippen LogP contribution in [0.1, 0.15) is 16.8 Å². The zero-order valence-corrected chi connectivity index (χ0v) is 17.8. The Hall–Kier alpha value is -2.71. The van der Waals surface area contributed by atoms with Gasteiger partial charge in [0.2, 0.25) is 5.91 Å². The number of urea groups is 1. The highest BCUT2D eigenvalue weighted by Crippen LogP contribution is 2.21. The first-order valence-corrected chi connectivity index (χ1v) is 10.2. The molecule has 1 heterocycles. The molecule has 2 aromatic carbocycles. The number of nitrogens with one attached hydrogen (secondary N) is 3. The zero-order chi connectivity index (χ0) is 20.1. The maximum absolute atomic E-state index is 12.2. The number of amides is 3. The fraction of sp³-hybridized carbons (Fsp3) is 0.150. The second-order valence-electron chi connectivity index (χ2n) is 6.28. The van der Waals surface area contributed by atoms with Gasteiger partial charge < -0.3 is 10.6 Å². The molecule has 8 heteroatoms. The third kappa shape index (κ3) is 5.64. The summed E-state index contributed by atoms with van der Waals surface area (Å²) in [6.45, 7) is 3.94. The van der Waals surface area contributed by atoms with Gasteiger partial charge in [0.15, 0.2) is 5.13 Å². The van der Waals surface area contributed by atoms with Gasteiger partial charge in [0.05, 0.1) is 12.1 Å². The van der Waals surface area contributed by atoms with E-state index in [-0.39, 0.29) is 18.4 Å². The summed E-state index contributed by atoms with van der Waals surface area (Å²) in [6, 6.07) is 12.7. The van der Waals surface area contributed by atoms with E-state index in [0.29, 0.717) is 16.5 Å². The fourth-order valence-corrected chi connectivity index (χ4v) is 3.39. The molecule has 0 atom stereocenters. The highest BCUT2D eigenvalue weighted by atomic mass is 79.9. The molecule has 0 aliphatic rings. The molecular formula is C20H19BrN4O2S. The summed E-state index contributed by atoms with van der Waals surface area (Å²) in [5.74, 6) is -0.164. The topological polar surface area (TPSA) is 83.1 Å². The van der Waals surface area contributed by atoms with Crippen molar-refractivity contribution in [3.8, 4) is 0 Å². The number of halogens is 1. The van der Waals surface area contributed by atoms with Crippen LogP contribution >= 0.6 is 27.3 Å². The third-order valence-electron chi connectivity index (χ3n) is 3.87. The molecule has 28 heavy (non-hydrogen) atoms. The monoisotopic (exact) mass is 458 g/mol. The molecule has 3 N–H and O–H groups in total. The van der Waals surface area contributed by atoms with Crippen molar-refractivity contribution in [2.45, 2.75) is 20.3 Å². The number of rotatable bonds is 5. The van der Waals surface area contributed by atoms with E-state index in [1.165, 1.54) is 11.3 Å². The predicted octanol–water partition coefficient (Wildman–Crippen LogP) is 5.35. The molecule has 0 spiro atoms. The Bertz CT molecular complexity index is 1000. The van der Waals surface area contributed by atoms with Crippen LogP contribution in [0.2, 0.25) is 0 Å². The van der Waals surface area contributed by atoms with Crippen LogP contribution in [0.15, 0.2) is 52.3 Å². The number of aryl methyl sites for hydroxylation is 2. The van der Waals surface area contributed by atoms with E-state index in [1.54, 1.807) is 5.38 Å². The quantitative estimate of drug-likeness (QED) is 0.481. The Kier molecular flexibility index (Phi) is 6.43. The molecule has 3 rings (SSSR count). The number of carbonyl (C=O) groups is 2. The molecule has 3 aromatic rings. The standard InChI is InChI=1S/C20H19BrN4O2S/c1-12-3-5-14(6-4-12)23-19(27)25-20-24-16(11-28-20)10-18(26)22-15-7-8-17(21)13(2)9-15/h3-9,11H,10H2,1-2H3,(H,22,26)(H2,23,24,25,27). The summed E-state index contributed by atoms with van der Waals surface area (Å²) >= 11 is 4.71.